The summed E-state index contributed by atoms with van der Waals surface area (Å²) in [5.74, 6) is 1.38. The van der Waals surface area contributed by atoms with E-state index in [1.807, 2.05) is 4.90 Å². The standard InChI is InChI=1S/C27H30N6O2S/c1-16-8-18-10-22(36-24(18)21(9-16)35-3)20-14-33(26-23(20)25(28)29-15-30-26)19-12-32(13-19)27(34)17(2)11-31-6-4-5-7-31/h8-10,14-15,19H,2,4-7,11-13H2,1,3H3,(H2,28,29,30). The van der Waals surface area contributed by atoms with E-state index in [0.29, 0.717) is 31.0 Å². The minimum Gasteiger partial charge on any atom is -0.495 e. The highest BCUT2D eigenvalue weighted by molar-refractivity contribution is 7.22. The summed E-state index contributed by atoms with van der Waals surface area (Å²) in [6, 6.07) is 6.53. The van der Waals surface area contributed by atoms with Gasteiger partial charge in [0.2, 0.25) is 0 Å². The number of carbonyl (C=O) groups excluding carboxylic acids is 1. The Kier molecular flexibility index (Phi) is 5.69. The molecule has 36 heavy (non-hydrogen) atoms. The van der Waals surface area contributed by atoms with Crippen molar-refractivity contribution >= 4 is 44.2 Å². The summed E-state index contributed by atoms with van der Waals surface area (Å²) in [7, 11) is 1.70. The average Bonchev–Trinajstić information content (AvgIpc) is 3.57. The van der Waals surface area contributed by atoms with Crippen molar-refractivity contribution in [3.8, 4) is 16.2 Å². The normalized spacial score (nSPS) is 16.7. The number of methoxy groups -OCH3 is 1. The first kappa shape index (κ1) is 23.0. The SMILES string of the molecule is C=C(CN1CCCC1)C(=O)N1CC(n2cc(-c3cc4cc(C)cc(OC)c4s3)c3c(N)ncnc32)C1. The number of hydrogen-bond donors (Lipinski definition) is 1. The van der Waals surface area contributed by atoms with Gasteiger partial charge in [-0.2, -0.15) is 0 Å². The molecule has 0 radical (unpaired) electrons. The van der Waals surface area contributed by atoms with Crippen LogP contribution in [0, 0.1) is 6.92 Å². The molecule has 2 fully saturated rings. The van der Waals surface area contributed by atoms with E-state index in [0.717, 1.165) is 56.0 Å². The molecular weight excluding hydrogens is 472 g/mol. The zero-order chi connectivity index (χ0) is 25.0. The first-order valence-electron chi connectivity index (χ1n) is 12.3. The third-order valence-corrected chi connectivity index (χ3v) is 8.51. The van der Waals surface area contributed by atoms with Crippen molar-refractivity contribution in [2.75, 3.05) is 45.6 Å². The van der Waals surface area contributed by atoms with Gasteiger partial charge in [-0.25, -0.2) is 9.97 Å². The first-order valence-corrected chi connectivity index (χ1v) is 13.1. The van der Waals surface area contributed by atoms with Gasteiger partial charge in [-0.15, -0.1) is 11.3 Å². The van der Waals surface area contributed by atoms with Gasteiger partial charge in [-0.05, 0) is 55.9 Å². The van der Waals surface area contributed by atoms with Gasteiger partial charge < -0.3 is 19.9 Å². The third kappa shape index (κ3) is 3.83. The van der Waals surface area contributed by atoms with Crippen LogP contribution >= 0.6 is 11.3 Å². The number of carbonyl (C=O) groups is 1. The number of aryl methyl sites for hydroxylation is 1. The largest absolute Gasteiger partial charge is 0.495 e. The van der Waals surface area contributed by atoms with Crippen LogP contribution in [-0.2, 0) is 4.79 Å². The molecule has 2 aliphatic heterocycles. The number of fused-ring (bicyclic) bond motifs is 2. The molecule has 6 rings (SSSR count). The second-order valence-corrected chi connectivity index (χ2v) is 10.9. The predicted octanol–water partition coefficient (Wildman–Crippen LogP) is 4.25. The summed E-state index contributed by atoms with van der Waals surface area (Å²) in [5.41, 5.74) is 10.0. The fourth-order valence-electron chi connectivity index (χ4n) is 5.42. The molecule has 0 unspecified atom stereocenters. The molecule has 3 aromatic heterocycles. The van der Waals surface area contributed by atoms with Crippen LogP contribution in [0.5, 0.6) is 5.75 Å². The predicted molar refractivity (Wildman–Crippen MR) is 144 cm³/mol. The molecule has 186 valence electrons. The van der Waals surface area contributed by atoms with E-state index < -0.39 is 0 Å². The molecule has 0 spiro atoms. The van der Waals surface area contributed by atoms with Gasteiger partial charge in [0, 0.05) is 41.8 Å². The van der Waals surface area contributed by atoms with Gasteiger partial charge in [0.15, 0.2) is 0 Å². The summed E-state index contributed by atoms with van der Waals surface area (Å²) in [5, 5.41) is 1.99. The van der Waals surface area contributed by atoms with Crippen LogP contribution in [0.4, 0.5) is 5.82 Å². The summed E-state index contributed by atoms with van der Waals surface area (Å²) in [4.78, 5) is 27.1. The smallest absolute Gasteiger partial charge is 0.250 e. The van der Waals surface area contributed by atoms with Crippen molar-refractivity contribution in [1.82, 2.24) is 24.3 Å². The molecule has 4 aromatic rings. The van der Waals surface area contributed by atoms with E-state index in [-0.39, 0.29) is 11.9 Å². The lowest BCUT2D eigenvalue weighted by atomic mass is 10.1. The zero-order valence-electron chi connectivity index (χ0n) is 20.7. The monoisotopic (exact) mass is 502 g/mol. The molecule has 8 nitrogen and oxygen atoms in total. The minimum atomic E-state index is 0.0518. The fourth-order valence-corrected chi connectivity index (χ4v) is 6.57. The Morgan fingerprint density at radius 2 is 2.00 bits per heavy atom. The van der Waals surface area contributed by atoms with Crippen LogP contribution in [0.3, 0.4) is 0 Å². The van der Waals surface area contributed by atoms with E-state index in [9.17, 15) is 4.79 Å². The number of thiophene rings is 1. The summed E-state index contributed by atoms with van der Waals surface area (Å²) >= 11 is 1.68. The van der Waals surface area contributed by atoms with Gasteiger partial charge in [0.05, 0.1) is 23.2 Å². The maximum Gasteiger partial charge on any atom is 0.250 e. The molecule has 1 aromatic carbocycles. The Balaban J connectivity index is 1.30. The highest BCUT2D eigenvalue weighted by Crippen LogP contribution is 2.43. The molecule has 0 bridgehead atoms. The van der Waals surface area contributed by atoms with E-state index in [4.69, 9.17) is 10.5 Å². The maximum absolute atomic E-state index is 13.0. The summed E-state index contributed by atoms with van der Waals surface area (Å²) in [6.07, 6.45) is 6.03. The van der Waals surface area contributed by atoms with E-state index in [1.54, 1.807) is 18.4 Å². The van der Waals surface area contributed by atoms with Crippen molar-refractivity contribution < 1.29 is 9.53 Å². The maximum atomic E-state index is 13.0. The average molecular weight is 503 g/mol. The molecule has 5 heterocycles. The molecule has 2 N–H and O–H groups in total. The number of nitrogens with two attached hydrogens (primary N) is 1. The number of nitrogens with zero attached hydrogens (tertiary/aromatic N) is 5. The Morgan fingerprint density at radius 1 is 1.22 bits per heavy atom. The molecule has 1 amide bonds. The highest BCUT2D eigenvalue weighted by atomic mass is 32.1. The van der Waals surface area contributed by atoms with Crippen LogP contribution in [0.25, 0.3) is 31.6 Å². The Bertz CT molecular complexity index is 1490. The number of likely N-dealkylation sites (tertiary alicyclic amines) is 2. The van der Waals surface area contributed by atoms with Crippen molar-refractivity contribution in [1.29, 1.82) is 0 Å². The Morgan fingerprint density at radius 3 is 2.75 bits per heavy atom. The van der Waals surface area contributed by atoms with E-state index >= 15 is 0 Å². The molecule has 2 aliphatic rings. The lowest BCUT2D eigenvalue weighted by Crippen LogP contribution is -2.51. The molecule has 0 aliphatic carbocycles. The van der Waals surface area contributed by atoms with Crippen LogP contribution < -0.4 is 10.5 Å². The summed E-state index contributed by atoms with van der Waals surface area (Å²) < 4.78 is 8.90. The fraction of sp³-hybridized carbons (Fsp3) is 0.370. The van der Waals surface area contributed by atoms with Crippen molar-refractivity contribution in [2.24, 2.45) is 0 Å². The van der Waals surface area contributed by atoms with Gasteiger partial charge in [-0.1, -0.05) is 12.6 Å². The molecule has 0 atom stereocenters. The van der Waals surface area contributed by atoms with Crippen LogP contribution in [0.2, 0.25) is 0 Å². The van der Waals surface area contributed by atoms with Crippen molar-refractivity contribution in [2.45, 2.75) is 25.8 Å². The number of ether oxygens (including phenoxy) is 1. The first-order chi connectivity index (χ1) is 17.4. The molecule has 9 heteroatoms. The number of hydrogen-bond acceptors (Lipinski definition) is 7. The number of rotatable bonds is 6. The number of benzene rings is 1. The Labute approximate surface area is 214 Å². The van der Waals surface area contributed by atoms with Gasteiger partial charge in [-0.3, -0.25) is 9.69 Å². The van der Waals surface area contributed by atoms with Gasteiger partial charge in [0.1, 0.15) is 23.5 Å². The van der Waals surface area contributed by atoms with E-state index in [1.165, 1.54) is 19.2 Å². The van der Waals surface area contributed by atoms with Crippen molar-refractivity contribution in [3.05, 3.63) is 48.4 Å². The lowest BCUT2D eigenvalue weighted by molar-refractivity contribution is -0.132. The number of nitrogen functional groups attached to an aromatic ring is 1. The van der Waals surface area contributed by atoms with Crippen LogP contribution in [0.15, 0.2) is 42.9 Å². The quantitative estimate of drug-likeness (QED) is 0.397. The minimum absolute atomic E-state index is 0.0518. The molecule has 2 saturated heterocycles. The second kappa shape index (κ2) is 8.90. The number of amides is 1. The zero-order valence-corrected chi connectivity index (χ0v) is 21.5. The third-order valence-electron chi connectivity index (χ3n) is 7.31. The molecular formula is C27H30N6O2S. The lowest BCUT2D eigenvalue weighted by Gasteiger charge is -2.40. The number of anilines is 1. The second-order valence-electron chi connectivity index (χ2n) is 9.85. The summed E-state index contributed by atoms with van der Waals surface area (Å²) in [6.45, 7) is 10.2. The van der Waals surface area contributed by atoms with Gasteiger partial charge >= 0.3 is 0 Å². The highest BCUT2D eigenvalue weighted by Gasteiger charge is 2.35. The van der Waals surface area contributed by atoms with Crippen LogP contribution in [-0.4, -0.2) is 70.1 Å². The Hall–Kier alpha value is -3.43. The van der Waals surface area contributed by atoms with Gasteiger partial charge in [0.25, 0.3) is 5.91 Å². The topological polar surface area (TPSA) is 89.5 Å². The van der Waals surface area contributed by atoms with E-state index in [2.05, 4.69) is 57.3 Å². The van der Waals surface area contributed by atoms with Crippen LogP contribution in [0.1, 0.15) is 24.4 Å². The molecule has 0 saturated carbocycles. The number of aromatic nitrogens is 3. The van der Waals surface area contributed by atoms with Crippen molar-refractivity contribution in [3.63, 3.8) is 0 Å².